The van der Waals surface area contributed by atoms with Crippen LogP contribution in [0.2, 0.25) is 0 Å². The lowest BCUT2D eigenvalue weighted by Gasteiger charge is -2.24. The van der Waals surface area contributed by atoms with Gasteiger partial charge >= 0.3 is 5.97 Å². The van der Waals surface area contributed by atoms with Crippen LogP contribution >= 0.6 is 0 Å². The number of aliphatic carboxylic acids is 1. The van der Waals surface area contributed by atoms with Crippen molar-refractivity contribution in [1.29, 1.82) is 0 Å². The zero-order valence-electron chi connectivity index (χ0n) is 12.4. The van der Waals surface area contributed by atoms with Gasteiger partial charge in [0.25, 0.3) is 5.91 Å². The van der Waals surface area contributed by atoms with E-state index in [4.69, 9.17) is 5.11 Å². The van der Waals surface area contributed by atoms with Gasteiger partial charge in [0.2, 0.25) is 5.91 Å². The van der Waals surface area contributed by atoms with Crippen LogP contribution in [0.15, 0.2) is 24.3 Å². The first-order valence-corrected chi connectivity index (χ1v) is 6.57. The average molecular weight is 292 g/mol. The van der Waals surface area contributed by atoms with Gasteiger partial charge in [0.1, 0.15) is 0 Å². The summed E-state index contributed by atoms with van der Waals surface area (Å²) < 4.78 is 0. The SMILES string of the molecule is CC(=O)NCc1ccc(C(=O)NC(C)(C)CC(=O)O)cc1. The lowest BCUT2D eigenvalue weighted by molar-refractivity contribution is -0.138. The van der Waals surface area contributed by atoms with Gasteiger partial charge in [-0.25, -0.2) is 0 Å². The van der Waals surface area contributed by atoms with Crippen molar-refractivity contribution >= 4 is 17.8 Å². The van der Waals surface area contributed by atoms with Crippen molar-refractivity contribution in [2.45, 2.75) is 39.3 Å². The molecule has 1 rings (SSSR count). The van der Waals surface area contributed by atoms with Crippen molar-refractivity contribution in [2.75, 3.05) is 0 Å². The van der Waals surface area contributed by atoms with Crippen molar-refractivity contribution < 1.29 is 19.5 Å². The maximum absolute atomic E-state index is 12.0. The quantitative estimate of drug-likeness (QED) is 0.736. The van der Waals surface area contributed by atoms with E-state index in [1.165, 1.54) is 6.92 Å². The van der Waals surface area contributed by atoms with Gasteiger partial charge in [0, 0.05) is 24.6 Å². The monoisotopic (exact) mass is 292 g/mol. The van der Waals surface area contributed by atoms with Crippen LogP contribution in [0, 0.1) is 0 Å². The van der Waals surface area contributed by atoms with Gasteiger partial charge in [-0.2, -0.15) is 0 Å². The molecule has 1 aromatic carbocycles. The summed E-state index contributed by atoms with van der Waals surface area (Å²) in [5.41, 5.74) is 0.504. The van der Waals surface area contributed by atoms with Crippen LogP contribution in [-0.4, -0.2) is 28.4 Å². The van der Waals surface area contributed by atoms with E-state index in [2.05, 4.69) is 10.6 Å². The third-order valence-electron chi connectivity index (χ3n) is 2.80. The van der Waals surface area contributed by atoms with E-state index in [0.29, 0.717) is 12.1 Å². The molecule has 0 heterocycles. The summed E-state index contributed by atoms with van der Waals surface area (Å²) in [7, 11) is 0. The molecule has 0 fully saturated rings. The fourth-order valence-corrected chi connectivity index (χ4v) is 1.80. The molecule has 3 N–H and O–H groups in total. The van der Waals surface area contributed by atoms with Crippen LogP contribution in [0.4, 0.5) is 0 Å². The minimum Gasteiger partial charge on any atom is -0.481 e. The largest absolute Gasteiger partial charge is 0.481 e. The summed E-state index contributed by atoms with van der Waals surface area (Å²) in [6.45, 7) is 5.16. The van der Waals surface area contributed by atoms with E-state index < -0.39 is 11.5 Å². The lowest BCUT2D eigenvalue weighted by atomic mass is 10.00. The van der Waals surface area contributed by atoms with Crippen molar-refractivity contribution in [3.8, 4) is 0 Å². The Balaban J connectivity index is 2.66. The molecule has 21 heavy (non-hydrogen) atoms. The molecule has 6 nitrogen and oxygen atoms in total. The average Bonchev–Trinajstić information content (AvgIpc) is 2.34. The van der Waals surface area contributed by atoms with E-state index in [0.717, 1.165) is 5.56 Å². The Bertz CT molecular complexity index is 535. The Morgan fingerprint density at radius 1 is 1.14 bits per heavy atom. The summed E-state index contributed by atoms with van der Waals surface area (Å²) in [5.74, 6) is -1.41. The molecule has 6 heteroatoms. The molecule has 114 valence electrons. The molecule has 0 aliphatic heterocycles. The predicted octanol–water partition coefficient (Wildman–Crippen LogP) is 1.31. The van der Waals surface area contributed by atoms with Gasteiger partial charge in [-0.1, -0.05) is 12.1 Å². The summed E-state index contributed by atoms with van der Waals surface area (Å²) in [4.78, 5) is 33.6. The molecule has 0 spiro atoms. The number of rotatable bonds is 6. The summed E-state index contributed by atoms with van der Waals surface area (Å²) in [6.07, 6.45) is -0.153. The molecule has 0 atom stereocenters. The molecule has 1 aromatic rings. The molecular formula is C15H20N2O4. The van der Waals surface area contributed by atoms with E-state index in [1.807, 2.05) is 0 Å². The highest BCUT2D eigenvalue weighted by Crippen LogP contribution is 2.11. The Kier molecular flexibility index (Phi) is 5.46. The molecule has 0 bridgehead atoms. The third-order valence-corrected chi connectivity index (χ3v) is 2.80. The molecule has 0 saturated heterocycles. The van der Waals surface area contributed by atoms with Crippen LogP contribution in [0.3, 0.4) is 0 Å². The molecule has 0 aromatic heterocycles. The second kappa shape index (κ2) is 6.88. The molecule has 0 unspecified atom stereocenters. The standard InChI is InChI=1S/C15H20N2O4/c1-10(18)16-9-11-4-6-12(7-5-11)14(21)17-15(2,3)8-13(19)20/h4-7H,8-9H2,1-3H3,(H,16,18)(H,17,21)(H,19,20). The van der Waals surface area contributed by atoms with Gasteiger partial charge < -0.3 is 15.7 Å². The lowest BCUT2D eigenvalue weighted by Crippen LogP contribution is -2.44. The number of hydrogen-bond acceptors (Lipinski definition) is 3. The smallest absolute Gasteiger partial charge is 0.305 e. The molecule has 0 aliphatic carbocycles. The number of amides is 2. The number of carbonyl (C=O) groups is 3. The van der Waals surface area contributed by atoms with Crippen LogP contribution in [0.5, 0.6) is 0 Å². The Hall–Kier alpha value is -2.37. The minimum absolute atomic E-state index is 0.118. The van der Waals surface area contributed by atoms with Crippen LogP contribution in [0.1, 0.15) is 43.1 Å². The van der Waals surface area contributed by atoms with E-state index >= 15 is 0 Å². The maximum Gasteiger partial charge on any atom is 0.305 e. The van der Waals surface area contributed by atoms with Crippen LogP contribution < -0.4 is 10.6 Å². The van der Waals surface area contributed by atoms with E-state index in [-0.39, 0.29) is 18.2 Å². The minimum atomic E-state index is -0.967. The van der Waals surface area contributed by atoms with E-state index in [9.17, 15) is 14.4 Å². The number of nitrogens with one attached hydrogen (secondary N) is 2. The number of carbonyl (C=O) groups excluding carboxylic acids is 2. The van der Waals surface area contributed by atoms with E-state index in [1.54, 1.807) is 38.1 Å². The fraction of sp³-hybridized carbons (Fsp3) is 0.400. The predicted molar refractivity (Wildman–Crippen MR) is 77.8 cm³/mol. The van der Waals surface area contributed by atoms with Crippen molar-refractivity contribution in [3.05, 3.63) is 35.4 Å². The molecule has 0 radical (unpaired) electrons. The number of carboxylic acids is 1. The van der Waals surface area contributed by atoms with Crippen LogP contribution in [-0.2, 0) is 16.1 Å². The van der Waals surface area contributed by atoms with Gasteiger partial charge in [0.15, 0.2) is 0 Å². The molecule has 2 amide bonds. The topological polar surface area (TPSA) is 95.5 Å². The third kappa shape index (κ3) is 6.07. The zero-order chi connectivity index (χ0) is 16.0. The summed E-state index contributed by atoms with van der Waals surface area (Å²) in [6, 6.07) is 6.77. The highest BCUT2D eigenvalue weighted by molar-refractivity contribution is 5.95. The summed E-state index contributed by atoms with van der Waals surface area (Å²) >= 11 is 0. The molecule has 0 saturated carbocycles. The fourth-order valence-electron chi connectivity index (χ4n) is 1.80. The van der Waals surface area contributed by atoms with Crippen molar-refractivity contribution in [1.82, 2.24) is 10.6 Å². The maximum atomic E-state index is 12.0. The van der Waals surface area contributed by atoms with Crippen LogP contribution in [0.25, 0.3) is 0 Å². The molecular weight excluding hydrogens is 272 g/mol. The normalized spacial score (nSPS) is 10.8. The van der Waals surface area contributed by atoms with Crippen molar-refractivity contribution in [2.24, 2.45) is 0 Å². The Morgan fingerprint density at radius 2 is 1.71 bits per heavy atom. The Morgan fingerprint density at radius 3 is 2.19 bits per heavy atom. The van der Waals surface area contributed by atoms with Crippen molar-refractivity contribution in [3.63, 3.8) is 0 Å². The zero-order valence-corrected chi connectivity index (χ0v) is 12.4. The molecule has 0 aliphatic rings. The second-order valence-corrected chi connectivity index (χ2v) is 5.52. The number of hydrogen-bond donors (Lipinski definition) is 3. The number of benzene rings is 1. The van der Waals surface area contributed by atoms with Gasteiger partial charge in [0.05, 0.1) is 6.42 Å². The Labute approximate surface area is 123 Å². The van der Waals surface area contributed by atoms with Gasteiger partial charge in [-0.05, 0) is 31.5 Å². The number of carboxylic acid groups (broad SMARTS) is 1. The highest BCUT2D eigenvalue weighted by atomic mass is 16.4. The first kappa shape index (κ1) is 16.7. The second-order valence-electron chi connectivity index (χ2n) is 5.52. The van der Waals surface area contributed by atoms with Gasteiger partial charge in [-0.15, -0.1) is 0 Å². The first-order chi connectivity index (χ1) is 9.69. The van der Waals surface area contributed by atoms with Gasteiger partial charge in [-0.3, -0.25) is 14.4 Å². The summed E-state index contributed by atoms with van der Waals surface area (Å²) in [5, 5.41) is 14.1. The first-order valence-electron chi connectivity index (χ1n) is 6.57. The highest BCUT2D eigenvalue weighted by Gasteiger charge is 2.24.